The van der Waals surface area contributed by atoms with Gasteiger partial charge in [-0.2, -0.15) is 18.3 Å². The molecule has 0 bridgehead atoms. The van der Waals surface area contributed by atoms with Gasteiger partial charge < -0.3 is 5.32 Å². The number of carbonyl (C=O) groups is 1. The molecule has 2 aromatic carbocycles. The average Bonchev–Trinajstić information content (AvgIpc) is 3.41. The first-order valence-corrected chi connectivity index (χ1v) is 11.2. The van der Waals surface area contributed by atoms with Gasteiger partial charge in [0.05, 0.1) is 12.0 Å². The Morgan fingerprint density at radius 2 is 1.76 bits per heavy atom. The lowest BCUT2D eigenvalue weighted by atomic mass is 10.0. The summed E-state index contributed by atoms with van der Waals surface area (Å²) in [6.07, 6.45) is 0.912. The minimum absolute atomic E-state index is 0.0369. The highest BCUT2D eigenvalue weighted by atomic mass is 32.1. The third kappa shape index (κ3) is 4.42. The monoisotopic (exact) mass is 478 g/mol. The van der Waals surface area contributed by atoms with Gasteiger partial charge in [-0.1, -0.05) is 24.3 Å². The van der Waals surface area contributed by atoms with Gasteiger partial charge in [-0.05, 0) is 47.5 Å². The molecule has 0 aliphatic carbocycles. The molecule has 0 fully saturated rings. The van der Waals surface area contributed by atoms with Crippen LogP contribution in [0.2, 0.25) is 0 Å². The van der Waals surface area contributed by atoms with Gasteiger partial charge in [0.1, 0.15) is 10.5 Å². The number of nitrogens with one attached hydrogen (secondary N) is 1. The highest BCUT2D eigenvalue weighted by Crippen LogP contribution is 2.37. The molecule has 0 unspecified atom stereocenters. The molecule has 5 aromatic rings. The van der Waals surface area contributed by atoms with E-state index in [1.807, 2.05) is 46.4 Å². The topological polar surface area (TPSA) is 59.3 Å². The number of benzene rings is 2. The standard InChI is InChI=1S/C25H17F3N4OS/c26-25(27,28)19-6-4-16(5-7-19)14-21(33)30-20-3-1-2-18(15-20)23-22(17-8-10-29-11-9-17)24-32(31-23)12-13-34-24/h1-13,15H,14H2,(H,30,33). The van der Waals surface area contributed by atoms with E-state index in [0.717, 1.165) is 39.3 Å². The lowest BCUT2D eigenvalue weighted by Crippen LogP contribution is -2.14. The van der Waals surface area contributed by atoms with E-state index >= 15 is 0 Å². The third-order valence-corrected chi connectivity index (χ3v) is 6.16. The van der Waals surface area contributed by atoms with Crippen molar-refractivity contribution in [3.63, 3.8) is 0 Å². The molecule has 0 saturated carbocycles. The maximum absolute atomic E-state index is 12.7. The van der Waals surface area contributed by atoms with Gasteiger partial charge >= 0.3 is 6.18 Å². The first kappa shape index (κ1) is 21.8. The minimum Gasteiger partial charge on any atom is -0.326 e. The van der Waals surface area contributed by atoms with Gasteiger partial charge in [0.25, 0.3) is 0 Å². The van der Waals surface area contributed by atoms with Crippen LogP contribution in [-0.2, 0) is 17.4 Å². The van der Waals surface area contributed by atoms with Gasteiger partial charge in [-0.25, -0.2) is 4.52 Å². The van der Waals surface area contributed by atoms with E-state index in [0.29, 0.717) is 11.3 Å². The highest BCUT2D eigenvalue weighted by molar-refractivity contribution is 7.16. The van der Waals surface area contributed by atoms with Crippen LogP contribution >= 0.6 is 11.3 Å². The Labute approximate surface area is 196 Å². The van der Waals surface area contributed by atoms with Crippen LogP contribution in [0, 0.1) is 0 Å². The molecule has 170 valence electrons. The van der Waals surface area contributed by atoms with Crippen molar-refractivity contribution in [3.8, 4) is 22.4 Å². The molecule has 3 heterocycles. The number of hydrogen-bond acceptors (Lipinski definition) is 4. The Kier molecular flexibility index (Phi) is 5.62. The van der Waals surface area contributed by atoms with Crippen LogP contribution in [0.25, 0.3) is 27.2 Å². The maximum Gasteiger partial charge on any atom is 0.416 e. The van der Waals surface area contributed by atoms with Gasteiger partial charge in [0.2, 0.25) is 5.91 Å². The van der Waals surface area contributed by atoms with Crippen LogP contribution in [0.4, 0.5) is 18.9 Å². The predicted molar refractivity (Wildman–Crippen MR) is 126 cm³/mol. The van der Waals surface area contributed by atoms with E-state index in [-0.39, 0.29) is 12.3 Å². The molecule has 1 N–H and O–H groups in total. The molecule has 3 aromatic heterocycles. The number of pyridine rings is 1. The lowest BCUT2D eigenvalue weighted by molar-refractivity contribution is -0.137. The summed E-state index contributed by atoms with van der Waals surface area (Å²) in [6.45, 7) is 0. The molecule has 0 radical (unpaired) electrons. The summed E-state index contributed by atoms with van der Waals surface area (Å²) in [7, 11) is 0. The number of thiazole rings is 1. The second-order valence-electron chi connectivity index (χ2n) is 7.61. The summed E-state index contributed by atoms with van der Waals surface area (Å²) in [5.74, 6) is -0.322. The molecule has 0 atom stereocenters. The minimum atomic E-state index is -4.40. The van der Waals surface area contributed by atoms with E-state index < -0.39 is 11.7 Å². The van der Waals surface area contributed by atoms with E-state index in [2.05, 4.69) is 10.3 Å². The van der Waals surface area contributed by atoms with Crippen molar-refractivity contribution < 1.29 is 18.0 Å². The fourth-order valence-corrected chi connectivity index (χ4v) is 4.56. The molecule has 0 aliphatic rings. The number of halogens is 3. The van der Waals surface area contributed by atoms with E-state index in [1.165, 1.54) is 12.1 Å². The van der Waals surface area contributed by atoms with Crippen molar-refractivity contribution in [2.45, 2.75) is 12.6 Å². The fourth-order valence-electron chi connectivity index (χ4n) is 3.71. The van der Waals surface area contributed by atoms with Crippen LogP contribution in [0.15, 0.2) is 84.6 Å². The molecule has 5 rings (SSSR count). The van der Waals surface area contributed by atoms with Crippen molar-refractivity contribution in [2.75, 3.05) is 5.32 Å². The third-order valence-electron chi connectivity index (χ3n) is 5.28. The summed E-state index contributed by atoms with van der Waals surface area (Å²) >= 11 is 1.58. The number of hydrogen-bond donors (Lipinski definition) is 1. The first-order chi connectivity index (χ1) is 16.4. The van der Waals surface area contributed by atoms with Crippen LogP contribution in [0.3, 0.4) is 0 Å². The summed E-state index contributed by atoms with van der Waals surface area (Å²) in [5, 5.41) is 9.53. The van der Waals surface area contributed by atoms with E-state index in [1.54, 1.807) is 29.8 Å². The number of carbonyl (C=O) groups excluding carboxylic acids is 1. The average molecular weight is 478 g/mol. The Balaban J connectivity index is 1.39. The number of nitrogens with zero attached hydrogens (tertiary/aromatic N) is 3. The molecule has 0 aliphatic heterocycles. The number of aromatic nitrogens is 3. The molecule has 0 spiro atoms. The Morgan fingerprint density at radius 3 is 2.50 bits per heavy atom. The molecule has 0 saturated heterocycles. The molecule has 5 nitrogen and oxygen atoms in total. The zero-order valence-corrected chi connectivity index (χ0v) is 18.4. The van der Waals surface area contributed by atoms with Crippen molar-refractivity contribution in [1.82, 2.24) is 14.6 Å². The molecule has 9 heteroatoms. The van der Waals surface area contributed by atoms with Crippen molar-refractivity contribution in [1.29, 1.82) is 0 Å². The Hall–Kier alpha value is -3.98. The fraction of sp³-hybridized carbons (Fsp3) is 0.0800. The quantitative estimate of drug-likeness (QED) is 0.321. The van der Waals surface area contributed by atoms with E-state index in [4.69, 9.17) is 5.10 Å². The highest BCUT2D eigenvalue weighted by Gasteiger charge is 2.30. The SMILES string of the molecule is O=C(Cc1ccc(C(F)(F)F)cc1)Nc1cccc(-c2nn3ccsc3c2-c2ccncc2)c1. The van der Waals surface area contributed by atoms with Gasteiger partial charge in [0.15, 0.2) is 0 Å². The van der Waals surface area contributed by atoms with E-state index in [9.17, 15) is 18.0 Å². The molecular weight excluding hydrogens is 461 g/mol. The maximum atomic E-state index is 12.7. The number of amides is 1. The van der Waals surface area contributed by atoms with Gasteiger partial charge in [0, 0.05) is 40.8 Å². The summed E-state index contributed by atoms with van der Waals surface area (Å²) in [6, 6.07) is 15.8. The summed E-state index contributed by atoms with van der Waals surface area (Å²) in [5.41, 5.74) is 3.90. The number of fused-ring (bicyclic) bond motifs is 1. The largest absolute Gasteiger partial charge is 0.416 e. The van der Waals surface area contributed by atoms with Crippen LogP contribution in [0.1, 0.15) is 11.1 Å². The summed E-state index contributed by atoms with van der Waals surface area (Å²) in [4.78, 5) is 17.6. The zero-order chi connectivity index (χ0) is 23.7. The van der Waals surface area contributed by atoms with Crippen molar-refractivity contribution >= 4 is 27.8 Å². The predicted octanol–water partition coefficient (Wildman–Crippen LogP) is 6.32. The molecule has 1 amide bonds. The van der Waals surface area contributed by atoms with Crippen molar-refractivity contribution in [3.05, 3.63) is 95.8 Å². The first-order valence-electron chi connectivity index (χ1n) is 10.3. The normalized spacial score (nSPS) is 11.6. The second-order valence-corrected chi connectivity index (χ2v) is 8.51. The Bertz CT molecular complexity index is 1460. The molecular formula is C25H17F3N4OS. The molecule has 34 heavy (non-hydrogen) atoms. The van der Waals surface area contributed by atoms with Crippen LogP contribution in [0.5, 0.6) is 0 Å². The number of anilines is 1. The number of rotatable bonds is 5. The zero-order valence-electron chi connectivity index (χ0n) is 17.6. The summed E-state index contributed by atoms with van der Waals surface area (Å²) < 4.78 is 40.1. The van der Waals surface area contributed by atoms with Gasteiger partial charge in [-0.15, -0.1) is 11.3 Å². The van der Waals surface area contributed by atoms with Gasteiger partial charge in [-0.3, -0.25) is 9.78 Å². The van der Waals surface area contributed by atoms with Crippen molar-refractivity contribution in [2.24, 2.45) is 0 Å². The smallest absolute Gasteiger partial charge is 0.326 e. The Morgan fingerprint density at radius 1 is 1.00 bits per heavy atom. The lowest BCUT2D eigenvalue weighted by Gasteiger charge is -2.09. The second kappa shape index (κ2) is 8.75. The van der Waals surface area contributed by atoms with Crippen LogP contribution < -0.4 is 5.32 Å². The van der Waals surface area contributed by atoms with Crippen LogP contribution in [-0.4, -0.2) is 20.5 Å². The number of alkyl halides is 3.